The number of halogens is 1. The summed E-state index contributed by atoms with van der Waals surface area (Å²) in [5.41, 5.74) is -0.0128. The normalized spacial score (nSPS) is 16.3. The minimum absolute atomic E-state index is 0.0257. The lowest BCUT2D eigenvalue weighted by Crippen LogP contribution is -2.44. The highest BCUT2D eigenvalue weighted by atomic mass is 35.5. The van der Waals surface area contributed by atoms with Crippen molar-refractivity contribution in [3.63, 3.8) is 0 Å². The molecule has 0 atom stereocenters. The van der Waals surface area contributed by atoms with E-state index >= 15 is 0 Å². The van der Waals surface area contributed by atoms with E-state index in [-0.39, 0.29) is 16.7 Å². The van der Waals surface area contributed by atoms with E-state index in [0.717, 1.165) is 0 Å². The second kappa shape index (κ2) is 9.94. The number of carbonyl (C=O) groups excluding carboxylic acids is 1. The summed E-state index contributed by atoms with van der Waals surface area (Å²) in [5.74, 6) is -0.202. The van der Waals surface area contributed by atoms with Gasteiger partial charge in [-0.1, -0.05) is 24.1 Å². The number of hydrogen-bond donors (Lipinski definition) is 0. The summed E-state index contributed by atoms with van der Waals surface area (Å²) < 4.78 is 27.4. The largest absolute Gasteiger partial charge is 0.368 e. The Morgan fingerprint density at radius 1 is 1.29 bits per heavy atom. The van der Waals surface area contributed by atoms with Gasteiger partial charge in [0.2, 0.25) is 5.69 Å². The smallest absolute Gasteiger partial charge is 0.258 e. The number of carbonyl (C=O) groups is 1. The topological polar surface area (TPSA) is 77.6 Å². The van der Waals surface area contributed by atoms with Gasteiger partial charge in [0.1, 0.15) is 11.9 Å². The number of benzene rings is 1. The number of amides is 1. The van der Waals surface area contributed by atoms with Gasteiger partial charge in [-0.2, -0.15) is 4.40 Å². The molecule has 0 spiro atoms. The van der Waals surface area contributed by atoms with Crippen LogP contribution in [0.1, 0.15) is 33.1 Å². The summed E-state index contributed by atoms with van der Waals surface area (Å²) in [6.45, 7) is 11.2. The van der Waals surface area contributed by atoms with Crippen LogP contribution in [-0.2, 0) is 14.8 Å². The quantitative estimate of drug-likeness (QED) is 0.175. The maximum absolute atomic E-state index is 13.1. The Hall–Kier alpha value is -2.22. The molecular weight excluding hydrogens is 458 g/mol. The minimum atomic E-state index is -3.48. The van der Waals surface area contributed by atoms with Crippen molar-refractivity contribution in [2.24, 2.45) is 4.40 Å². The molecule has 1 fully saturated rings. The van der Waals surface area contributed by atoms with Crippen LogP contribution in [0.25, 0.3) is 4.85 Å². The molecule has 31 heavy (non-hydrogen) atoms. The number of anilines is 1. The fourth-order valence-electron chi connectivity index (χ4n) is 3.11. The molecule has 1 aliphatic heterocycles. The van der Waals surface area contributed by atoms with Crippen LogP contribution in [0.5, 0.6) is 0 Å². The van der Waals surface area contributed by atoms with Crippen LogP contribution in [0, 0.1) is 6.57 Å². The molecule has 1 saturated heterocycles. The van der Waals surface area contributed by atoms with Crippen molar-refractivity contribution in [1.82, 2.24) is 9.80 Å². The summed E-state index contributed by atoms with van der Waals surface area (Å²) in [7, 11) is -0.0693. The van der Waals surface area contributed by atoms with Crippen LogP contribution < -0.4 is 4.90 Å². The maximum Gasteiger partial charge on any atom is 0.258 e. The molecule has 8 nitrogen and oxygen atoms in total. The summed E-state index contributed by atoms with van der Waals surface area (Å²) in [6, 6.07) is 4.79. The Bertz CT molecular complexity index is 1030. The fraction of sp³-hybridized carbons (Fsp3) is 0.500. The lowest BCUT2D eigenvalue weighted by molar-refractivity contribution is -0.123. The minimum Gasteiger partial charge on any atom is -0.368 e. The van der Waals surface area contributed by atoms with Gasteiger partial charge in [0.15, 0.2) is 5.11 Å². The van der Waals surface area contributed by atoms with Gasteiger partial charge in [0, 0.05) is 25.7 Å². The Kier molecular flexibility index (Phi) is 8.03. The van der Waals surface area contributed by atoms with Crippen molar-refractivity contribution in [1.29, 1.82) is 0 Å². The molecule has 0 radical (unpaired) electrons. The average molecular weight is 484 g/mol. The highest BCUT2D eigenvalue weighted by Gasteiger charge is 2.49. The molecular formula is C20H26ClN5O3S2. The predicted octanol–water partition coefficient (Wildman–Crippen LogP) is 3.69. The number of thiocarbonyl (C=S) groups is 1. The zero-order valence-corrected chi connectivity index (χ0v) is 20.4. The average Bonchev–Trinajstić information content (AvgIpc) is 2.85. The Morgan fingerprint density at radius 3 is 2.55 bits per heavy atom. The van der Waals surface area contributed by atoms with Gasteiger partial charge in [0.05, 0.1) is 18.0 Å². The first-order valence-electron chi connectivity index (χ1n) is 9.68. The molecule has 168 valence electrons. The van der Waals surface area contributed by atoms with Crippen LogP contribution in [0.2, 0.25) is 5.02 Å². The molecule has 1 heterocycles. The molecule has 1 amide bonds. The van der Waals surface area contributed by atoms with Crippen LogP contribution >= 0.6 is 23.8 Å². The highest BCUT2D eigenvalue weighted by molar-refractivity contribution is 7.90. The van der Waals surface area contributed by atoms with Gasteiger partial charge in [0.25, 0.3) is 15.9 Å². The first-order chi connectivity index (χ1) is 14.4. The monoisotopic (exact) mass is 483 g/mol. The van der Waals surface area contributed by atoms with Gasteiger partial charge in [-0.05, 0) is 51.0 Å². The second-order valence-corrected chi connectivity index (χ2v) is 10.5. The van der Waals surface area contributed by atoms with Gasteiger partial charge in [-0.25, -0.2) is 13.3 Å². The van der Waals surface area contributed by atoms with E-state index in [1.807, 2.05) is 4.90 Å². The number of nitrogens with zero attached hydrogens (tertiary/aromatic N) is 5. The molecule has 0 unspecified atom stereocenters. The zero-order valence-electron chi connectivity index (χ0n) is 18.0. The fourth-order valence-corrected chi connectivity index (χ4v) is 4.85. The molecule has 1 aromatic rings. The lowest BCUT2D eigenvalue weighted by atomic mass is 10.0. The molecule has 0 aliphatic carbocycles. The number of unbranched alkanes of at least 4 members (excludes halogenated alkanes) is 2. The molecule has 11 heteroatoms. The third-order valence-electron chi connectivity index (χ3n) is 4.86. The molecule has 1 aromatic carbocycles. The molecule has 0 aromatic heterocycles. The zero-order chi connectivity index (χ0) is 23.4. The standard InChI is InChI=1S/C20H26ClN5O3S2/c1-20(2)18(27)26(15-9-10-17(22-3)16(21)13-15)19(30)25(20)11-7-6-8-12-31(28,29)23-14-24(4)5/h9-10,13-14H,6-8,11-12H2,1-2,4-5H3. The summed E-state index contributed by atoms with van der Waals surface area (Å²) in [5, 5.41) is 0.627. The van der Waals surface area contributed by atoms with E-state index in [4.69, 9.17) is 30.4 Å². The number of hydrogen-bond acceptors (Lipinski definition) is 4. The van der Waals surface area contributed by atoms with Crippen LogP contribution in [0.3, 0.4) is 0 Å². The van der Waals surface area contributed by atoms with E-state index in [1.54, 1.807) is 51.0 Å². The molecule has 0 bridgehead atoms. The summed E-state index contributed by atoms with van der Waals surface area (Å²) in [6.07, 6.45) is 3.08. The van der Waals surface area contributed by atoms with E-state index in [9.17, 15) is 13.2 Å². The molecule has 0 saturated carbocycles. The van der Waals surface area contributed by atoms with Gasteiger partial charge in [-0.3, -0.25) is 9.69 Å². The van der Waals surface area contributed by atoms with E-state index in [0.29, 0.717) is 42.3 Å². The number of sulfonamides is 1. The van der Waals surface area contributed by atoms with Gasteiger partial charge in [-0.15, -0.1) is 0 Å². The van der Waals surface area contributed by atoms with Crippen molar-refractivity contribution in [3.05, 3.63) is 34.6 Å². The van der Waals surface area contributed by atoms with Crippen molar-refractivity contribution >= 4 is 62.6 Å². The van der Waals surface area contributed by atoms with Crippen LogP contribution in [-0.4, -0.2) is 67.5 Å². The summed E-state index contributed by atoms with van der Waals surface area (Å²) in [4.78, 5) is 21.2. The van der Waals surface area contributed by atoms with Crippen molar-refractivity contribution in [2.45, 2.75) is 38.6 Å². The third-order valence-corrected chi connectivity index (χ3v) is 6.78. The van der Waals surface area contributed by atoms with Crippen molar-refractivity contribution in [3.8, 4) is 0 Å². The van der Waals surface area contributed by atoms with Gasteiger partial charge >= 0.3 is 0 Å². The van der Waals surface area contributed by atoms with Crippen LogP contribution in [0.15, 0.2) is 22.6 Å². The highest BCUT2D eigenvalue weighted by Crippen LogP contribution is 2.36. The molecule has 2 rings (SSSR count). The Morgan fingerprint density at radius 2 is 1.97 bits per heavy atom. The van der Waals surface area contributed by atoms with Crippen molar-refractivity contribution in [2.75, 3.05) is 31.3 Å². The van der Waals surface area contributed by atoms with E-state index < -0.39 is 15.6 Å². The molecule has 1 aliphatic rings. The van der Waals surface area contributed by atoms with Gasteiger partial charge < -0.3 is 9.80 Å². The maximum atomic E-state index is 13.1. The van der Waals surface area contributed by atoms with E-state index in [2.05, 4.69) is 9.24 Å². The predicted molar refractivity (Wildman–Crippen MR) is 128 cm³/mol. The van der Waals surface area contributed by atoms with Crippen LogP contribution in [0.4, 0.5) is 11.4 Å². The second-order valence-electron chi connectivity index (χ2n) is 7.91. The number of rotatable bonds is 9. The van der Waals surface area contributed by atoms with E-state index in [1.165, 1.54) is 11.2 Å². The Balaban J connectivity index is 2.01. The SMILES string of the molecule is [C-]#[N+]c1ccc(N2C(=O)C(C)(C)N(CCCCCS(=O)(=O)N=CN(C)C)C2=S)cc1Cl. The Labute approximate surface area is 194 Å². The first kappa shape index (κ1) is 25.0. The third kappa shape index (κ3) is 5.93. The molecule has 0 N–H and O–H groups in total. The van der Waals surface area contributed by atoms with Crippen molar-refractivity contribution < 1.29 is 13.2 Å². The first-order valence-corrected chi connectivity index (χ1v) is 12.1. The summed E-state index contributed by atoms with van der Waals surface area (Å²) >= 11 is 11.7. The lowest BCUT2D eigenvalue weighted by Gasteiger charge is -2.29.